The number of benzene rings is 2. The van der Waals surface area contributed by atoms with Crippen molar-refractivity contribution in [2.75, 3.05) is 30.5 Å². The molecule has 1 N–H and O–H groups in total. The van der Waals surface area contributed by atoms with Crippen molar-refractivity contribution >= 4 is 23.2 Å². The summed E-state index contributed by atoms with van der Waals surface area (Å²) in [6.07, 6.45) is 1.13. The van der Waals surface area contributed by atoms with Crippen molar-refractivity contribution in [1.82, 2.24) is 0 Å². The summed E-state index contributed by atoms with van der Waals surface area (Å²) < 4.78 is 10.8. The summed E-state index contributed by atoms with van der Waals surface area (Å²) in [5, 5.41) is 2.87. The van der Waals surface area contributed by atoms with Crippen molar-refractivity contribution in [3.63, 3.8) is 0 Å². The number of methoxy groups -OCH3 is 1. The maximum Gasteiger partial charge on any atom is 0.229 e. The summed E-state index contributed by atoms with van der Waals surface area (Å²) in [7, 11) is 1.56. The largest absolute Gasteiger partial charge is 0.495 e. The van der Waals surface area contributed by atoms with E-state index in [9.17, 15) is 9.59 Å². The highest BCUT2D eigenvalue weighted by Crippen LogP contribution is 2.29. The molecule has 0 aromatic heterocycles. The molecule has 2 aromatic carbocycles. The normalized spacial score (nSPS) is 16.3. The summed E-state index contributed by atoms with van der Waals surface area (Å²) in [5.41, 5.74) is 1.38. The molecule has 6 heteroatoms. The highest BCUT2D eigenvalue weighted by Gasteiger charge is 2.35. The quantitative estimate of drug-likeness (QED) is 0.812. The van der Waals surface area contributed by atoms with Crippen molar-refractivity contribution < 1.29 is 19.1 Å². The van der Waals surface area contributed by atoms with E-state index in [2.05, 4.69) is 5.32 Å². The highest BCUT2D eigenvalue weighted by atomic mass is 16.5. The van der Waals surface area contributed by atoms with Crippen LogP contribution in [0.2, 0.25) is 0 Å². The number of nitrogens with zero attached hydrogens (tertiary/aromatic N) is 1. The van der Waals surface area contributed by atoms with Gasteiger partial charge in [-0.1, -0.05) is 19.1 Å². The molecule has 0 saturated carbocycles. The fourth-order valence-corrected chi connectivity index (χ4v) is 3.06. The molecule has 3 rings (SSSR count). The zero-order chi connectivity index (χ0) is 19.2. The van der Waals surface area contributed by atoms with Crippen LogP contribution in [0.4, 0.5) is 11.4 Å². The van der Waals surface area contributed by atoms with Gasteiger partial charge in [-0.2, -0.15) is 0 Å². The Balaban J connectivity index is 1.65. The van der Waals surface area contributed by atoms with Crippen molar-refractivity contribution in [1.29, 1.82) is 0 Å². The molecule has 27 heavy (non-hydrogen) atoms. The van der Waals surface area contributed by atoms with Gasteiger partial charge in [0.15, 0.2) is 0 Å². The molecule has 1 atom stereocenters. The number of ether oxygens (including phenoxy) is 2. The van der Waals surface area contributed by atoms with Crippen molar-refractivity contribution in [2.24, 2.45) is 5.92 Å². The van der Waals surface area contributed by atoms with Crippen molar-refractivity contribution in [2.45, 2.75) is 19.8 Å². The van der Waals surface area contributed by atoms with Gasteiger partial charge in [-0.05, 0) is 42.8 Å². The van der Waals surface area contributed by atoms with E-state index in [0.717, 1.165) is 17.9 Å². The van der Waals surface area contributed by atoms with E-state index in [1.807, 2.05) is 43.3 Å². The second-order valence-corrected chi connectivity index (χ2v) is 6.44. The van der Waals surface area contributed by atoms with Gasteiger partial charge in [-0.3, -0.25) is 9.59 Å². The molecule has 0 radical (unpaired) electrons. The molecular weight excluding hydrogens is 344 g/mol. The monoisotopic (exact) mass is 368 g/mol. The van der Waals surface area contributed by atoms with E-state index >= 15 is 0 Å². The van der Waals surface area contributed by atoms with Crippen LogP contribution in [-0.2, 0) is 9.59 Å². The molecule has 0 aliphatic carbocycles. The lowest BCUT2D eigenvalue weighted by molar-refractivity contribution is -0.122. The van der Waals surface area contributed by atoms with Crippen LogP contribution in [0.25, 0.3) is 0 Å². The van der Waals surface area contributed by atoms with Crippen LogP contribution in [0.1, 0.15) is 19.8 Å². The lowest BCUT2D eigenvalue weighted by Gasteiger charge is -2.17. The van der Waals surface area contributed by atoms with E-state index in [0.29, 0.717) is 24.6 Å². The minimum Gasteiger partial charge on any atom is -0.495 e. The smallest absolute Gasteiger partial charge is 0.229 e. The van der Waals surface area contributed by atoms with Gasteiger partial charge in [0.25, 0.3) is 0 Å². The minimum atomic E-state index is -0.404. The van der Waals surface area contributed by atoms with Gasteiger partial charge in [0.05, 0.1) is 25.3 Å². The molecule has 0 bridgehead atoms. The number of amides is 2. The van der Waals surface area contributed by atoms with Gasteiger partial charge in [-0.15, -0.1) is 0 Å². The van der Waals surface area contributed by atoms with Crippen LogP contribution in [0.15, 0.2) is 48.5 Å². The minimum absolute atomic E-state index is 0.0580. The molecule has 6 nitrogen and oxygen atoms in total. The Morgan fingerprint density at radius 1 is 1.19 bits per heavy atom. The van der Waals surface area contributed by atoms with Crippen LogP contribution >= 0.6 is 0 Å². The number of anilines is 2. The molecule has 0 spiro atoms. The molecule has 2 amide bonds. The third-order valence-corrected chi connectivity index (χ3v) is 4.48. The molecule has 1 fully saturated rings. The van der Waals surface area contributed by atoms with E-state index < -0.39 is 5.92 Å². The van der Waals surface area contributed by atoms with Crippen LogP contribution in [0, 0.1) is 5.92 Å². The Morgan fingerprint density at radius 2 is 1.93 bits per heavy atom. The summed E-state index contributed by atoms with van der Waals surface area (Å²) in [6.45, 7) is 3.07. The first kappa shape index (κ1) is 18.8. The van der Waals surface area contributed by atoms with Crippen LogP contribution in [0.3, 0.4) is 0 Å². The zero-order valence-electron chi connectivity index (χ0n) is 15.6. The van der Waals surface area contributed by atoms with E-state index in [1.165, 1.54) is 0 Å². The highest BCUT2D eigenvalue weighted by molar-refractivity contribution is 6.03. The second-order valence-electron chi connectivity index (χ2n) is 6.44. The summed E-state index contributed by atoms with van der Waals surface area (Å²) in [6, 6.07) is 14.6. The molecule has 1 heterocycles. The van der Waals surface area contributed by atoms with Crippen molar-refractivity contribution in [3.8, 4) is 11.5 Å². The number of hydrogen-bond donors (Lipinski definition) is 1. The van der Waals surface area contributed by atoms with E-state index in [1.54, 1.807) is 24.1 Å². The molecule has 1 aliphatic heterocycles. The number of rotatable bonds is 7. The number of carbonyl (C=O) groups excluding carboxylic acids is 2. The van der Waals surface area contributed by atoms with Gasteiger partial charge in [-0.25, -0.2) is 0 Å². The number of para-hydroxylation sites is 2. The summed E-state index contributed by atoms with van der Waals surface area (Å²) >= 11 is 0. The number of carbonyl (C=O) groups is 2. The molecular formula is C21H24N2O4. The van der Waals surface area contributed by atoms with Crippen LogP contribution < -0.4 is 19.7 Å². The zero-order valence-corrected chi connectivity index (χ0v) is 15.6. The average Bonchev–Trinajstić information content (AvgIpc) is 3.09. The van der Waals surface area contributed by atoms with Gasteiger partial charge >= 0.3 is 0 Å². The molecule has 1 saturated heterocycles. The van der Waals surface area contributed by atoms with Gasteiger partial charge < -0.3 is 19.7 Å². The Labute approximate surface area is 159 Å². The fourth-order valence-electron chi connectivity index (χ4n) is 3.06. The summed E-state index contributed by atoms with van der Waals surface area (Å²) in [5.74, 6) is 0.724. The van der Waals surface area contributed by atoms with E-state index in [4.69, 9.17) is 9.47 Å². The standard InChI is InChI=1S/C21H24N2O4/c1-3-12-27-17-10-8-16(9-11-17)23-14-15(13-20(23)24)21(25)22-18-6-4-5-7-19(18)26-2/h4-11,15H,3,12-14H2,1-2H3,(H,22,25)/t15-/m0/s1. The number of nitrogens with one attached hydrogen (secondary N) is 1. The second kappa shape index (κ2) is 8.58. The molecule has 2 aromatic rings. The number of hydrogen-bond acceptors (Lipinski definition) is 4. The Kier molecular flexibility index (Phi) is 5.96. The lowest BCUT2D eigenvalue weighted by Crippen LogP contribution is -2.28. The predicted octanol–water partition coefficient (Wildman–Crippen LogP) is 3.48. The maximum absolute atomic E-state index is 12.6. The average molecular weight is 368 g/mol. The predicted molar refractivity (Wildman–Crippen MR) is 104 cm³/mol. The van der Waals surface area contributed by atoms with Gasteiger partial charge in [0.2, 0.25) is 11.8 Å². The molecule has 0 unspecified atom stereocenters. The van der Waals surface area contributed by atoms with Gasteiger partial charge in [0.1, 0.15) is 11.5 Å². The Hall–Kier alpha value is -3.02. The first-order valence-electron chi connectivity index (χ1n) is 9.09. The maximum atomic E-state index is 12.6. The first-order chi connectivity index (χ1) is 13.1. The first-order valence-corrected chi connectivity index (χ1v) is 9.09. The lowest BCUT2D eigenvalue weighted by atomic mass is 10.1. The third kappa shape index (κ3) is 4.39. The molecule has 142 valence electrons. The summed E-state index contributed by atoms with van der Waals surface area (Å²) in [4.78, 5) is 26.7. The SMILES string of the molecule is CCCOc1ccc(N2C[C@@H](C(=O)Nc3ccccc3OC)CC2=O)cc1. The van der Waals surface area contributed by atoms with E-state index in [-0.39, 0.29) is 18.2 Å². The third-order valence-electron chi connectivity index (χ3n) is 4.48. The Bertz CT molecular complexity index is 804. The molecule has 1 aliphatic rings. The Morgan fingerprint density at radius 3 is 2.63 bits per heavy atom. The van der Waals surface area contributed by atoms with Gasteiger partial charge in [0, 0.05) is 18.7 Å². The topological polar surface area (TPSA) is 67.9 Å². The fraction of sp³-hybridized carbons (Fsp3) is 0.333. The van der Waals surface area contributed by atoms with Crippen LogP contribution in [0.5, 0.6) is 11.5 Å². The van der Waals surface area contributed by atoms with Crippen LogP contribution in [-0.4, -0.2) is 32.1 Å². The van der Waals surface area contributed by atoms with Crippen molar-refractivity contribution in [3.05, 3.63) is 48.5 Å².